The summed E-state index contributed by atoms with van der Waals surface area (Å²) in [5, 5.41) is 2.75. The molecule has 0 aromatic heterocycles. The van der Waals surface area contributed by atoms with Crippen molar-refractivity contribution in [3.8, 4) is 5.75 Å². The molecule has 1 amide bonds. The average molecular weight is 376 g/mol. The lowest BCUT2D eigenvalue weighted by atomic mass is 10.2. The van der Waals surface area contributed by atoms with Gasteiger partial charge >= 0.3 is 0 Å². The Bertz CT molecular complexity index is 851. The van der Waals surface area contributed by atoms with Crippen molar-refractivity contribution in [2.24, 2.45) is 0 Å². The summed E-state index contributed by atoms with van der Waals surface area (Å²) >= 11 is 0. The van der Waals surface area contributed by atoms with E-state index in [0.717, 1.165) is 15.4 Å². The highest BCUT2D eigenvalue weighted by molar-refractivity contribution is 7.89. The molecule has 2 aromatic rings. The number of nitrogens with zero attached hydrogens (tertiary/aromatic N) is 1. The first-order valence-electron chi connectivity index (χ1n) is 8.34. The van der Waals surface area contributed by atoms with Gasteiger partial charge in [-0.3, -0.25) is 4.79 Å². The maximum Gasteiger partial charge on any atom is 0.247 e. The largest absolute Gasteiger partial charge is 0.495 e. The van der Waals surface area contributed by atoms with Gasteiger partial charge in [-0.15, -0.1) is 0 Å². The van der Waals surface area contributed by atoms with Gasteiger partial charge in [0, 0.05) is 13.1 Å². The van der Waals surface area contributed by atoms with Crippen LogP contribution in [0.5, 0.6) is 5.75 Å². The molecule has 2 aromatic carbocycles. The van der Waals surface area contributed by atoms with E-state index in [4.69, 9.17) is 4.74 Å². The summed E-state index contributed by atoms with van der Waals surface area (Å²) in [7, 11) is -2.42. The fourth-order valence-electron chi connectivity index (χ4n) is 2.50. The summed E-state index contributed by atoms with van der Waals surface area (Å²) < 4.78 is 32.3. The lowest BCUT2D eigenvalue weighted by molar-refractivity contribution is -0.121. The minimum atomic E-state index is -3.85. The molecule has 0 fully saturated rings. The predicted molar refractivity (Wildman–Crippen MR) is 100 cm³/mol. The second-order valence-corrected chi connectivity index (χ2v) is 7.75. The van der Waals surface area contributed by atoms with E-state index in [1.54, 1.807) is 32.0 Å². The zero-order chi connectivity index (χ0) is 19.2. The van der Waals surface area contributed by atoms with E-state index in [9.17, 15) is 13.2 Å². The Hall–Kier alpha value is -2.38. The molecule has 6 nitrogen and oxygen atoms in total. The number of likely N-dealkylation sites (N-methyl/N-ethyl adjacent to an activating group) is 1. The average Bonchev–Trinajstić information content (AvgIpc) is 2.65. The van der Waals surface area contributed by atoms with Crippen LogP contribution in [0.3, 0.4) is 0 Å². The molecule has 0 saturated heterocycles. The zero-order valence-corrected chi connectivity index (χ0v) is 16.0. The topological polar surface area (TPSA) is 75.7 Å². The molecule has 0 aliphatic carbocycles. The van der Waals surface area contributed by atoms with Crippen LogP contribution in [0.4, 0.5) is 0 Å². The summed E-state index contributed by atoms with van der Waals surface area (Å²) in [6, 6.07) is 14.4. The Morgan fingerprint density at radius 1 is 1.15 bits per heavy atom. The Morgan fingerprint density at radius 2 is 1.85 bits per heavy atom. The number of sulfonamides is 1. The maximum atomic E-state index is 13.0. The van der Waals surface area contributed by atoms with Crippen LogP contribution in [-0.2, 0) is 21.4 Å². The molecule has 140 valence electrons. The van der Waals surface area contributed by atoms with E-state index in [1.807, 2.05) is 30.3 Å². The van der Waals surface area contributed by atoms with Crippen LogP contribution >= 0.6 is 0 Å². The minimum absolute atomic E-state index is 0.0673. The van der Waals surface area contributed by atoms with E-state index in [1.165, 1.54) is 7.11 Å². The highest BCUT2D eigenvalue weighted by Gasteiger charge is 2.28. The standard InChI is InChI=1S/C19H24N2O4S/c1-4-21(14-19(22)20-13-16-8-6-5-7-9-16)26(23,24)18-12-15(2)10-11-17(18)25-3/h5-12H,4,13-14H2,1-3H3,(H,20,22). The summed E-state index contributed by atoms with van der Waals surface area (Å²) in [6.07, 6.45) is 0. The highest BCUT2D eigenvalue weighted by Crippen LogP contribution is 2.27. The molecule has 0 atom stereocenters. The molecule has 0 aliphatic heterocycles. The Kier molecular flexibility index (Phi) is 6.76. The van der Waals surface area contributed by atoms with Crippen molar-refractivity contribution in [2.45, 2.75) is 25.3 Å². The van der Waals surface area contributed by atoms with E-state index in [0.29, 0.717) is 6.54 Å². The first-order chi connectivity index (χ1) is 12.4. The van der Waals surface area contributed by atoms with Crippen LogP contribution in [-0.4, -0.2) is 38.8 Å². The van der Waals surface area contributed by atoms with Crippen LogP contribution in [0.15, 0.2) is 53.4 Å². The van der Waals surface area contributed by atoms with Gasteiger partial charge in [-0.05, 0) is 30.2 Å². The molecule has 7 heteroatoms. The number of nitrogens with one attached hydrogen (secondary N) is 1. The Morgan fingerprint density at radius 3 is 2.46 bits per heavy atom. The Labute approximate surface area is 154 Å². The first-order valence-corrected chi connectivity index (χ1v) is 9.78. The number of aryl methyl sites for hydroxylation is 1. The highest BCUT2D eigenvalue weighted by atomic mass is 32.2. The van der Waals surface area contributed by atoms with Crippen molar-refractivity contribution < 1.29 is 17.9 Å². The molecule has 0 aliphatic rings. The third-order valence-electron chi connectivity index (χ3n) is 3.94. The molecule has 0 spiro atoms. The quantitative estimate of drug-likeness (QED) is 0.767. The number of methoxy groups -OCH3 is 1. The smallest absolute Gasteiger partial charge is 0.247 e. The van der Waals surface area contributed by atoms with Crippen molar-refractivity contribution in [2.75, 3.05) is 20.2 Å². The van der Waals surface area contributed by atoms with Gasteiger partial charge in [0.05, 0.1) is 13.7 Å². The van der Waals surface area contributed by atoms with E-state index >= 15 is 0 Å². The van der Waals surface area contributed by atoms with Gasteiger partial charge in [0.1, 0.15) is 10.6 Å². The normalized spacial score (nSPS) is 11.4. The molecule has 0 unspecified atom stereocenters. The number of carbonyl (C=O) groups is 1. The number of carbonyl (C=O) groups excluding carboxylic acids is 1. The number of ether oxygens (including phenoxy) is 1. The van der Waals surface area contributed by atoms with Crippen molar-refractivity contribution >= 4 is 15.9 Å². The Balaban J connectivity index is 2.14. The maximum absolute atomic E-state index is 13.0. The van der Waals surface area contributed by atoms with Gasteiger partial charge in [-0.25, -0.2) is 8.42 Å². The summed E-state index contributed by atoms with van der Waals surface area (Å²) in [5.41, 5.74) is 1.75. The number of hydrogen-bond acceptors (Lipinski definition) is 4. The number of rotatable bonds is 8. The molecule has 2 rings (SSSR count). The molecular weight excluding hydrogens is 352 g/mol. The lowest BCUT2D eigenvalue weighted by Gasteiger charge is -2.21. The van der Waals surface area contributed by atoms with Crippen molar-refractivity contribution in [1.82, 2.24) is 9.62 Å². The van der Waals surface area contributed by atoms with E-state index in [2.05, 4.69) is 5.32 Å². The summed E-state index contributed by atoms with van der Waals surface area (Å²) in [4.78, 5) is 12.3. The molecule has 0 radical (unpaired) electrons. The van der Waals surface area contributed by atoms with Gasteiger partial charge in [-0.2, -0.15) is 4.31 Å². The number of amides is 1. The van der Waals surface area contributed by atoms with E-state index in [-0.39, 0.29) is 29.6 Å². The van der Waals surface area contributed by atoms with Gasteiger partial charge < -0.3 is 10.1 Å². The van der Waals surface area contributed by atoms with Gasteiger partial charge in [0.25, 0.3) is 0 Å². The van der Waals surface area contributed by atoms with Gasteiger partial charge in [0.15, 0.2) is 0 Å². The van der Waals surface area contributed by atoms with Crippen molar-refractivity contribution in [1.29, 1.82) is 0 Å². The molecule has 26 heavy (non-hydrogen) atoms. The monoisotopic (exact) mass is 376 g/mol. The first kappa shape index (κ1) is 19.9. The molecule has 0 bridgehead atoms. The van der Waals surface area contributed by atoms with Gasteiger partial charge in [0.2, 0.25) is 15.9 Å². The van der Waals surface area contributed by atoms with Crippen LogP contribution in [0.1, 0.15) is 18.1 Å². The third-order valence-corrected chi connectivity index (χ3v) is 5.88. The second-order valence-electron chi connectivity index (χ2n) is 5.85. The van der Waals surface area contributed by atoms with Crippen molar-refractivity contribution in [3.05, 3.63) is 59.7 Å². The van der Waals surface area contributed by atoms with Crippen LogP contribution < -0.4 is 10.1 Å². The third kappa shape index (κ3) is 4.83. The number of benzene rings is 2. The fourth-order valence-corrected chi connectivity index (χ4v) is 4.15. The van der Waals surface area contributed by atoms with Crippen LogP contribution in [0, 0.1) is 6.92 Å². The van der Waals surface area contributed by atoms with Gasteiger partial charge in [-0.1, -0.05) is 43.3 Å². The molecule has 0 heterocycles. The van der Waals surface area contributed by atoms with Crippen LogP contribution in [0.25, 0.3) is 0 Å². The predicted octanol–water partition coefficient (Wildman–Crippen LogP) is 2.33. The minimum Gasteiger partial charge on any atom is -0.495 e. The lowest BCUT2D eigenvalue weighted by Crippen LogP contribution is -2.40. The summed E-state index contributed by atoms with van der Waals surface area (Å²) in [6.45, 7) is 3.79. The zero-order valence-electron chi connectivity index (χ0n) is 15.2. The fraction of sp³-hybridized carbons (Fsp3) is 0.316. The molecular formula is C19H24N2O4S. The number of hydrogen-bond donors (Lipinski definition) is 1. The summed E-state index contributed by atoms with van der Waals surface area (Å²) in [5.74, 6) is -0.0929. The molecule has 0 saturated carbocycles. The van der Waals surface area contributed by atoms with E-state index < -0.39 is 10.0 Å². The molecule has 1 N–H and O–H groups in total. The SMILES string of the molecule is CCN(CC(=O)NCc1ccccc1)S(=O)(=O)c1cc(C)ccc1OC. The van der Waals surface area contributed by atoms with Crippen LogP contribution in [0.2, 0.25) is 0 Å². The second kappa shape index (κ2) is 8.82. The van der Waals surface area contributed by atoms with Crippen molar-refractivity contribution in [3.63, 3.8) is 0 Å².